The minimum atomic E-state index is 1.18. The van der Waals surface area contributed by atoms with Gasteiger partial charge in [-0.3, -0.25) is 0 Å². The fraction of sp³-hybridized carbons (Fsp3) is 1.00. The summed E-state index contributed by atoms with van der Waals surface area (Å²) in [5, 5.41) is 3.44. The molecule has 0 aliphatic carbocycles. The lowest BCUT2D eigenvalue weighted by molar-refractivity contribution is 0.295. The first-order valence-corrected chi connectivity index (χ1v) is 6.28. The van der Waals surface area contributed by atoms with Crippen LogP contribution in [0.4, 0.5) is 0 Å². The molecule has 0 aromatic carbocycles. The summed E-state index contributed by atoms with van der Waals surface area (Å²) in [6.07, 6.45) is 5.31. The molecule has 2 nitrogen and oxygen atoms in total. The van der Waals surface area contributed by atoms with Gasteiger partial charge in [-0.2, -0.15) is 0 Å². The summed E-state index contributed by atoms with van der Waals surface area (Å²) in [6, 6.07) is 0. The van der Waals surface area contributed by atoms with Crippen LogP contribution < -0.4 is 5.32 Å². The number of hydrogen-bond acceptors (Lipinski definition) is 2. The van der Waals surface area contributed by atoms with E-state index in [-0.39, 0.29) is 0 Å². The van der Waals surface area contributed by atoms with E-state index in [2.05, 4.69) is 31.0 Å². The molecule has 0 spiro atoms. The van der Waals surface area contributed by atoms with Crippen LogP contribution in [0.3, 0.4) is 0 Å². The van der Waals surface area contributed by atoms with Gasteiger partial charge in [0, 0.05) is 0 Å². The molecule has 0 heterocycles. The predicted octanol–water partition coefficient (Wildman–Crippen LogP) is 2.50. The molecule has 2 heteroatoms. The lowest BCUT2D eigenvalue weighted by Gasteiger charge is -2.17. The van der Waals surface area contributed by atoms with Crippen LogP contribution in [0.1, 0.15) is 46.5 Å². The minimum Gasteiger partial charge on any atom is -0.317 e. The standard InChI is InChI=1S/C12H28N2/c1-4-10-13-11-8-7-9-12-14(5-2)6-3/h13H,4-12H2,1-3H3. The molecule has 0 saturated heterocycles. The van der Waals surface area contributed by atoms with E-state index in [1.54, 1.807) is 0 Å². The van der Waals surface area contributed by atoms with Gasteiger partial charge in [0.05, 0.1) is 0 Å². The number of nitrogens with zero attached hydrogens (tertiary/aromatic N) is 1. The number of rotatable bonds is 10. The fourth-order valence-corrected chi connectivity index (χ4v) is 1.60. The smallest absolute Gasteiger partial charge is 0.00190 e. The van der Waals surface area contributed by atoms with E-state index in [9.17, 15) is 0 Å². The van der Waals surface area contributed by atoms with Crippen LogP contribution in [0.25, 0.3) is 0 Å². The molecule has 86 valence electrons. The lowest BCUT2D eigenvalue weighted by Crippen LogP contribution is -2.24. The highest BCUT2D eigenvalue weighted by atomic mass is 15.1. The molecular formula is C12H28N2. The van der Waals surface area contributed by atoms with Gasteiger partial charge in [0.1, 0.15) is 0 Å². The normalized spacial score (nSPS) is 11.1. The number of unbranched alkanes of at least 4 members (excludes halogenated alkanes) is 2. The summed E-state index contributed by atoms with van der Waals surface area (Å²) in [5.41, 5.74) is 0. The van der Waals surface area contributed by atoms with Gasteiger partial charge in [-0.15, -0.1) is 0 Å². The zero-order chi connectivity index (χ0) is 10.6. The molecule has 0 atom stereocenters. The SMILES string of the molecule is CCCNCCCCCN(CC)CC. The Morgan fingerprint density at radius 3 is 2.14 bits per heavy atom. The van der Waals surface area contributed by atoms with E-state index in [0.717, 1.165) is 0 Å². The average Bonchev–Trinajstić information content (AvgIpc) is 2.22. The maximum atomic E-state index is 3.44. The van der Waals surface area contributed by atoms with Gasteiger partial charge in [0.25, 0.3) is 0 Å². The first kappa shape index (κ1) is 13.9. The van der Waals surface area contributed by atoms with Crippen molar-refractivity contribution in [3.63, 3.8) is 0 Å². The topological polar surface area (TPSA) is 15.3 Å². The average molecular weight is 200 g/mol. The zero-order valence-electron chi connectivity index (χ0n) is 10.3. The summed E-state index contributed by atoms with van der Waals surface area (Å²) in [5.74, 6) is 0. The quantitative estimate of drug-likeness (QED) is 0.545. The third-order valence-corrected chi connectivity index (χ3v) is 2.65. The highest BCUT2D eigenvalue weighted by Crippen LogP contribution is 1.97. The monoisotopic (exact) mass is 200 g/mol. The minimum absolute atomic E-state index is 1.18. The highest BCUT2D eigenvalue weighted by Gasteiger charge is 1.97. The second-order valence-corrected chi connectivity index (χ2v) is 3.84. The predicted molar refractivity (Wildman–Crippen MR) is 64.8 cm³/mol. The third-order valence-electron chi connectivity index (χ3n) is 2.65. The van der Waals surface area contributed by atoms with E-state index < -0.39 is 0 Å². The molecule has 1 N–H and O–H groups in total. The molecule has 0 rings (SSSR count). The molecule has 0 aromatic heterocycles. The first-order valence-electron chi connectivity index (χ1n) is 6.28. The molecular weight excluding hydrogens is 172 g/mol. The lowest BCUT2D eigenvalue weighted by atomic mass is 10.2. The summed E-state index contributed by atoms with van der Waals surface area (Å²) < 4.78 is 0. The van der Waals surface area contributed by atoms with E-state index in [4.69, 9.17) is 0 Å². The summed E-state index contributed by atoms with van der Waals surface area (Å²) in [7, 11) is 0. The van der Waals surface area contributed by atoms with Gasteiger partial charge >= 0.3 is 0 Å². The molecule has 14 heavy (non-hydrogen) atoms. The number of nitrogens with one attached hydrogen (secondary N) is 1. The first-order chi connectivity index (χ1) is 6.85. The molecule has 0 unspecified atom stereocenters. The van der Waals surface area contributed by atoms with E-state index in [1.165, 1.54) is 58.4 Å². The van der Waals surface area contributed by atoms with Gasteiger partial charge in [-0.1, -0.05) is 27.2 Å². The van der Waals surface area contributed by atoms with Gasteiger partial charge in [0.15, 0.2) is 0 Å². The van der Waals surface area contributed by atoms with Crippen molar-refractivity contribution in [1.29, 1.82) is 0 Å². The second kappa shape index (κ2) is 11.0. The van der Waals surface area contributed by atoms with E-state index in [1.807, 2.05) is 0 Å². The van der Waals surface area contributed by atoms with Crippen LogP contribution in [0.5, 0.6) is 0 Å². The van der Waals surface area contributed by atoms with Crippen molar-refractivity contribution in [2.24, 2.45) is 0 Å². The molecule has 0 radical (unpaired) electrons. The molecule has 0 aromatic rings. The van der Waals surface area contributed by atoms with Crippen LogP contribution in [0.15, 0.2) is 0 Å². The van der Waals surface area contributed by atoms with Crippen molar-refractivity contribution in [1.82, 2.24) is 10.2 Å². The fourth-order valence-electron chi connectivity index (χ4n) is 1.60. The molecule has 0 aliphatic rings. The Kier molecular flexibility index (Phi) is 10.9. The largest absolute Gasteiger partial charge is 0.317 e. The Balaban J connectivity index is 3.04. The summed E-state index contributed by atoms with van der Waals surface area (Å²) >= 11 is 0. The van der Waals surface area contributed by atoms with Crippen molar-refractivity contribution >= 4 is 0 Å². The maximum Gasteiger partial charge on any atom is -0.00190 e. The number of hydrogen-bond donors (Lipinski definition) is 1. The van der Waals surface area contributed by atoms with Crippen molar-refractivity contribution < 1.29 is 0 Å². The van der Waals surface area contributed by atoms with Gasteiger partial charge in [-0.25, -0.2) is 0 Å². The third kappa shape index (κ3) is 8.52. The van der Waals surface area contributed by atoms with E-state index >= 15 is 0 Å². The molecule has 0 saturated carbocycles. The van der Waals surface area contributed by atoms with Gasteiger partial charge < -0.3 is 10.2 Å². The summed E-state index contributed by atoms with van der Waals surface area (Å²) in [6.45, 7) is 12.8. The van der Waals surface area contributed by atoms with Crippen LogP contribution in [-0.2, 0) is 0 Å². The van der Waals surface area contributed by atoms with Crippen LogP contribution >= 0.6 is 0 Å². The molecule has 0 bridgehead atoms. The maximum absolute atomic E-state index is 3.44. The van der Waals surface area contributed by atoms with Crippen molar-refractivity contribution in [2.45, 2.75) is 46.5 Å². The second-order valence-electron chi connectivity index (χ2n) is 3.84. The van der Waals surface area contributed by atoms with E-state index in [0.29, 0.717) is 0 Å². The Bertz CT molecular complexity index is 100. The molecule has 0 amide bonds. The van der Waals surface area contributed by atoms with Crippen molar-refractivity contribution in [3.8, 4) is 0 Å². The summed E-state index contributed by atoms with van der Waals surface area (Å²) in [4.78, 5) is 2.50. The Hall–Kier alpha value is -0.0800. The van der Waals surface area contributed by atoms with Crippen LogP contribution in [0.2, 0.25) is 0 Å². The highest BCUT2D eigenvalue weighted by molar-refractivity contribution is 4.54. The Morgan fingerprint density at radius 1 is 0.857 bits per heavy atom. The van der Waals surface area contributed by atoms with Crippen LogP contribution in [0, 0.1) is 0 Å². The van der Waals surface area contributed by atoms with Crippen LogP contribution in [-0.4, -0.2) is 37.6 Å². The zero-order valence-corrected chi connectivity index (χ0v) is 10.3. The van der Waals surface area contributed by atoms with Crippen molar-refractivity contribution in [3.05, 3.63) is 0 Å². The molecule has 0 fully saturated rings. The Morgan fingerprint density at radius 2 is 1.57 bits per heavy atom. The Labute approximate surface area is 90.1 Å². The van der Waals surface area contributed by atoms with Gasteiger partial charge in [-0.05, 0) is 52.0 Å². The van der Waals surface area contributed by atoms with Crippen molar-refractivity contribution in [2.75, 3.05) is 32.7 Å². The van der Waals surface area contributed by atoms with Gasteiger partial charge in [0.2, 0.25) is 0 Å². The molecule has 0 aliphatic heterocycles.